The number of carbonyl (C=O) groups is 1. The number of esters is 1. The molecule has 0 saturated heterocycles. The van der Waals surface area contributed by atoms with Gasteiger partial charge < -0.3 is 14.3 Å². The van der Waals surface area contributed by atoms with Gasteiger partial charge in [0, 0.05) is 17.4 Å². The van der Waals surface area contributed by atoms with Crippen LogP contribution < -0.4 is 4.74 Å². The van der Waals surface area contributed by atoms with E-state index in [0.717, 1.165) is 16.3 Å². The third-order valence-electron chi connectivity index (χ3n) is 4.34. The predicted molar refractivity (Wildman–Crippen MR) is 106 cm³/mol. The molecular formula is C21H17FN2O4S. The standard InChI is InChI=1S/C21H17FN2O4S/c1-26-18-8-3-2-7-16(18)20-23-15(12-29-20)11-27-21(25)19-10-17(24-28-19)13-5-4-6-14(22)9-13/h2-9,12,19H,10-11H2,1H3. The maximum atomic E-state index is 13.4. The number of halogens is 1. The Morgan fingerprint density at radius 3 is 2.97 bits per heavy atom. The summed E-state index contributed by atoms with van der Waals surface area (Å²) in [6, 6.07) is 13.6. The van der Waals surface area contributed by atoms with Gasteiger partial charge in [-0.05, 0) is 24.3 Å². The molecule has 2 aromatic carbocycles. The molecule has 0 spiro atoms. The second kappa shape index (κ2) is 8.40. The van der Waals surface area contributed by atoms with Gasteiger partial charge >= 0.3 is 5.97 Å². The van der Waals surface area contributed by atoms with Crippen LogP contribution >= 0.6 is 11.3 Å². The molecule has 148 valence electrons. The van der Waals surface area contributed by atoms with Crippen LogP contribution in [0.2, 0.25) is 0 Å². The molecule has 1 aromatic heterocycles. The third kappa shape index (κ3) is 4.27. The molecule has 6 nitrogen and oxygen atoms in total. The SMILES string of the molecule is COc1ccccc1-c1nc(COC(=O)C2CC(c3cccc(F)c3)=NO2)cs1. The van der Waals surface area contributed by atoms with Gasteiger partial charge in [-0.1, -0.05) is 29.4 Å². The molecule has 8 heteroatoms. The number of ether oxygens (including phenoxy) is 2. The summed E-state index contributed by atoms with van der Waals surface area (Å²) in [5.41, 5.74) is 2.61. The molecule has 3 aromatic rings. The molecule has 2 heterocycles. The minimum absolute atomic E-state index is 0.0274. The van der Waals surface area contributed by atoms with E-state index in [2.05, 4.69) is 10.1 Å². The molecule has 1 aliphatic rings. The van der Waals surface area contributed by atoms with Gasteiger partial charge in [-0.2, -0.15) is 0 Å². The van der Waals surface area contributed by atoms with Crippen molar-refractivity contribution in [2.45, 2.75) is 19.1 Å². The molecule has 0 saturated carbocycles. The number of carbonyl (C=O) groups excluding carboxylic acids is 1. The fraction of sp³-hybridized carbons (Fsp3) is 0.190. The van der Waals surface area contributed by atoms with Crippen molar-refractivity contribution in [1.29, 1.82) is 0 Å². The predicted octanol–water partition coefficient (Wildman–Crippen LogP) is 4.19. The van der Waals surface area contributed by atoms with E-state index in [1.165, 1.54) is 23.5 Å². The largest absolute Gasteiger partial charge is 0.496 e. The Morgan fingerprint density at radius 2 is 2.14 bits per heavy atom. The van der Waals surface area contributed by atoms with E-state index >= 15 is 0 Å². The molecule has 29 heavy (non-hydrogen) atoms. The molecular weight excluding hydrogens is 395 g/mol. The third-order valence-corrected chi connectivity index (χ3v) is 5.27. The van der Waals surface area contributed by atoms with E-state index in [1.807, 2.05) is 29.6 Å². The van der Waals surface area contributed by atoms with E-state index in [0.29, 0.717) is 17.0 Å². The van der Waals surface area contributed by atoms with E-state index < -0.39 is 12.1 Å². The molecule has 1 unspecified atom stereocenters. The first-order valence-electron chi connectivity index (χ1n) is 8.87. The number of oxime groups is 1. The van der Waals surface area contributed by atoms with E-state index in [-0.39, 0.29) is 18.8 Å². The minimum Gasteiger partial charge on any atom is -0.496 e. The van der Waals surface area contributed by atoms with Gasteiger partial charge in [-0.3, -0.25) is 0 Å². The first kappa shape index (κ1) is 19.1. The van der Waals surface area contributed by atoms with Gasteiger partial charge in [0.2, 0.25) is 6.10 Å². The van der Waals surface area contributed by atoms with Gasteiger partial charge in [0.05, 0.1) is 24.1 Å². The Balaban J connectivity index is 1.35. The second-order valence-corrected chi connectivity index (χ2v) is 7.16. The van der Waals surface area contributed by atoms with Crippen molar-refractivity contribution in [1.82, 2.24) is 4.98 Å². The second-order valence-electron chi connectivity index (χ2n) is 6.30. The number of rotatable bonds is 6. The van der Waals surface area contributed by atoms with Crippen molar-refractivity contribution in [2.24, 2.45) is 5.16 Å². The van der Waals surface area contributed by atoms with Crippen molar-refractivity contribution in [3.05, 3.63) is 71.0 Å². The van der Waals surface area contributed by atoms with Crippen molar-refractivity contribution in [2.75, 3.05) is 7.11 Å². The maximum absolute atomic E-state index is 13.4. The molecule has 0 bridgehead atoms. The highest BCUT2D eigenvalue weighted by molar-refractivity contribution is 7.13. The van der Waals surface area contributed by atoms with Crippen molar-refractivity contribution >= 4 is 23.0 Å². The molecule has 1 aliphatic heterocycles. The number of aromatic nitrogens is 1. The summed E-state index contributed by atoms with van der Waals surface area (Å²) in [7, 11) is 1.61. The number of nitrogens with zero attached hydrogens (tertiary/aromatic N) is 2. The van der Waals surface area contributed by atoms with Gasteiger partial charge in [-0.15, -0.1) is 11.3 Å². The first-order valence-corrected chi connectivity index (χ1v) is 9.75. The molecule has 0 aliphatic carbocycles. The molecule has 0 amide bonds. The highest BCUT2D eigenvalue weighted by Crippen LogP contribution is 2.32. The van der Waals surface area contributed by atoms with Crippen molar-refractivity contribution < 1.29 is 23.5 Å². The first-order chi connectivity index (χ1) is 14.1. The van der Waals surface area contributed by atoms with Gasteiger partial charge in [0.25, 0.3) is 0 Å². The summed E-state index contributed by atoms with van der Waals surface area (Å²) >= 11 is 1.44. The zero-order valence-corrected chi connectivity index (χ0v) is 16.3. The fourth-order valence-electron chi connectivity index (χ4n) is 2.90. The highest BCUT2D eigenvalue weighted by Gasteiger charge is 2.30. The zero-order valence-electron chi connectivity index (χ0n) is 15.5. The maximum Gasteiger partial charge on any atom is 0.351 e. The normalized spacial score (nSPS) is 15.5. The average molecular weight is 412 g/mol. The van der Waals surface area contributed by atoms with Gasteiger partial charge in [0.1, 0.15) is 23.2 Å². The molecule has 1 atom stereocenters. The Hall–Kier alpha value is -3.26. The van der Waals surface area contributed by atoms with Crippen LogP contribution in [0.5, 0.6) is 5.75 Å². The Kier molecular flexibility index (Phi) is 5.53. The number of methoxy groups -OCH3 is 1. The molecule has 4 rings (SSSR count). The van der Waals surface area contributed by atoms with Crippen LogP contribution in [0.1, 0.15) is 17.7 Å². The Labute approximate surface area is 170 Å². The number of para-hydroxylation sites is 1. The molecule has 0 fully saturated rings. The number of hydrogen-bond acceptors (Lipinski definition) is 7. The van der Waals surface area contributed by atoms with Crippen LogP contribution in [-0.2, 0) is 21.0 Å². The van der Waals surface area contributed by atoms with Gasteiger partial charge in [-0.25, -0.2) is 14.2 Å². The van der Waals surface area contributed by atoms with Crippen LogP contribution in [0, 0.1) is 5.82 Å². The minimum atomic E-state index is -0.847. The van der Waals surface area contributed by atoms with Crippen molar-refractivity contribution in [3.8, 4) is 16.3 Å². The summed E-state index contributed by atoms with van der Waals surface area (Å²) in [4.78, 5) is 22.0. The van der Waals surface area contributed by atoms with Crippen LogP contribution in [0.15, 0.2) is 59.1 Å². The van der Waals surface area contributed by atoms with E-state index in [4.69, 9.17) is 14.3 Å². The van der Waals surface area contributed by atoms with Crippen LogP contribution in [0.3, 0.4) is 0 Å². The average Bonchev–Trinajstić information content (AvgIpc) is 3.42. The lowest BCUT2D eigenvalue weighted by molar-refractivity contribution is -0.156. The summed E-state index contributed by atoms with van der Waals surface area (Å²) in [6.07, 6.45) is -0.619. The lowest BCUT2D eigenvalue weighted by atomic mass is 10.1. The lowest BCUT2D eigenvalue weighted by Gasteiger charge is -2.07. The Morgan fingerprint density at radius 1 is 1.28 bits per heavy atom. The fourth-order valence-corrected chi connectivity index (χ4v) is 3.73. The van der Waals surface area contributed by atoms with E-state index in [9.17, 15) is 9.18 Å². The van der Waals surface area contributed by atoms with Crippen molar-refractivity contribution in [3.63, 3.8) is 0 Å². The summed E-state index contributed by atoms with van der Waals surface area (Å²) < 4.78 is 24.0. The van der Waals surface area contributed by atoms with Crippen LogP contribution in [-0.4, -0.2) is 29.9 Å². The Bertz CT molecular complexity index is 1070. The van der Waals surface area contributed by atoms with Crippen LogP contribution in [0.4, 0.5) is 4.39 Å². The van der Waals surface area contributed by atoms with Gasteiger partial charge in [0.15, 0.2) is 0 Å². The monoisotopic (exact) mass is 412 g/mol. The topological polar surface area (TPSA) is 70.0 Å². The number of benzene rings is 2. The molecule has 0 radical (unpaired) electrons. The quantitative estimate of drug-likeness (QED) is 0.568. The highest BCUT2D eigenvalue weighted by atomic mass is 32.1. The summed E-state index contributed by atoms with van der Waals surface area (Å²) in [5, 5.41) is 6.50. The number of hydrogen-bond donors (Lipinski definition) is 0. The molecule has 0 N–H and O–H groups in total. The smallest absolute Gasteiger partial charge is 0.351 e. The number of thiazole rings is 1. The summed E-state index contributed by atoms with van der Waals surface area (Å²) in [6.45, 7) is 0.0274. The zero-order chi connectivity index (χ0) is 20.2. The summed E-state index contributed by atoms with van der Waals surface area (Å²) in [5.74, 6) is -0.176. The lowest BCUT2D eigenvalue weighted by Crippen LogP contribution is -2.23. The van der Waals surface area contributed by atoms with E-state index in [1.54, 1.807) is 19.2 Å². The van der Waals surface area contributed by atoms with Crippen LogP contribution in [0.25, 0.3) is 10.6 Å².